The van der Waals surface area contributed by atoms with E-state index in [1.807, 2.05) is 0 Å². The van der Waals surface area contributed by atoms with Crippen molar-refractivity contribution in [3.8, 4) is 0 Å². The Hall–Kier alpha value is -1.88. The molecule has 0 bridgehead atoms. The van der Waals surface area contributed by atoms with Crippen molar-refractivity contribution < 1.29 is 12.8 Å². The van der Waals surface area contributed by atoms with Gasteiger partial charge in [0.15, 0.2) is 10.8 Å². The van der Waals surface area contributed by atoms with Gasteiger partial charge in [0, 0.05) is 11.6 Å². The summed E-state index contributed by atoms with van der Waals surface area (Å²) < 4.78 is 34.4. The van der Waals surface area contributed by atoms with E-state index in [0.717, 1.165) is 0 Å². The maximum Gasteiger partial charge on any atom is 0.261 e. The van der Waals surface area contributed by atoms with Crippen molar-refractivity contribution in [3.05, 3.63) is 35.7 Å². The van der Waals surface area contributed by atoms with Gasteiger partial charge in [0.05, 0.1) is 12.3 Å². The number of nitrogens with one attached hydrogen (secondary N) is 2. The van der Waals surface area contributed by atoms with E-state index < -0.39 is 16.1 Å². The molecule has 3 rings (SSSR count). The van der Waals surface area contributed by atoms with E-state index in [0.29, 0.717) is 10.7 Å². The number of sulfonamides is 1. The molecule has 112 valence electrons. The fraction of sp³-hybridized carbons (Fsp3) is 0.182. The van der Waals surface area contributed by atoms with Gasteiger partial charge in [-0.3, -0.25) is 4.40 Å². The number of anilines is 1. The van der Waals surface area contributed by atoms with Crippen molar-refractivity contribution in [1.82, 2.24) is 14.1 Å². The summed E-state index contributed by atoms with van der Waals surface area (Å²) in [6, 6.07) is 2.88. The molecule has 3 aromatic rings. The molecule has 0 saturated heterocycles. The Balaban J connectivity index is 2.02. The van der Waals surface area contributed by atoms with E-state index in [2.05, 4.69) is 15.1 Å². The van der Waals surface area contributed by atoms with Gasteiger partial charge in [-0.05, 0) is 19.1 Å². The molecule has 1 unspecified atom stereocenters. The van der Waals surface area contributed by atoms with E-state index in [9.17, 15) is 8.42 Å². The van der Waals surface area contributed by atoms with E-state index in [-0.39, 0.29) is 10.8 Å². The standard InChI is InChI=1S/C11H13N5O3S2/c1-7(8-3-2-5-19-8)15-21(17,18)10-9(14-12)13-11-16(10)4-6-20-11/h2-7,14-15H,12H2,1H3. The third-order valence-electron chi connectivity index (χ3n) is 2.91. The molecular formula is C11H13N5O3S2. The molecule has 0 radical (unpaired) electrons. The highest BCUT2D eigenvalue weighted by Gasteiger charge is 2.28. The molecule has 0 aliphatic rings. The Morgan fingerprint density at radius 2 is 2.33 bits per heavy atom. The Kier molecular flexibility index (Phi) is 3.45. The number of fused-ring (bicyclic) bond motifs is 1. The van der Waals surface area contributed by atoms with Gasteiger partial charge in [-0.25, -0.2) is 14.3 Å². The second kappa shape index (κ2) is 5.15. The summed E-state index contributed by atoms with van der Waals surface area (Å²) in [6.07, 6.45) is 3.11. The van der Waals surface area contributed by atoms with Crippen molar-refractivity contribution in [2.24, 2.45) is 5.84 Å². The number of rotatable bonds is 5. The quantitative estimate of drug-likeness (QED) is 0.481. The lowest BCUT2D eigenvalue weighted by atomic mass is 10.3. The first kappa shape index (κ1) is 14.1. The van der Waals surface area contributed by atoms with Crippen LogP contribution in [0.1, 0.15) is 18.7 Å². The summed E-state index contributed by atoms with van der Waals surface area (Å²) in [5.41, 5.74) is 2.32. The number of hydrazine groups is 1. The first-order valence-corrected chi connectivity index (χ1v) is 8.37. The van der Waals surface area contributed by atoms with Crippen LogP contribution in [0.5, 0.6) is 0 Å². The summed E-state index contributed by atoms with van der Waals surface area (Å²) in [4.78, 5) is 4.67. The Labute approximate surface area is 124 Å². The average molecular weight is 327 g/mol. The smallest absolute Gasteiger partial charge is 0.261 e. The minimum atomic E-state index is -3.83. The summed E-state index contributed by atoms with van der Waals surface area (Å²) in [5.74, 6) is 5.98. The van der Waals surface area contributed by atoms with Crippen LogP contribution in [0.15, 0.2) is 39.4 Å². The lowest BCUT2D eigenvalue weighted by Crippen LogP contribution is -2.28. The van der Waals surface area contributed by atoms with Gasteiger partial charge in [-0.15, -0.1) is 11.3 Å². The Morgan fingerprint density at radius 1 is 1.52 bits per heavy atom. The van der Waals surface area contributed by atoms with E-state index in [1.54, 1.807) is 30.6 Å². The Morgan fingerprint density at radius 3 is 3.00 bits per heavy atom. The lowest BCUT2D eigenvalue weighted by Gasteiger charge is -2.12. The Bertz CT molecular complexity index is 850. The fourth-order valence-electron chi connectivity index (χ4n) is 2.00. The molecule has 10 heteroatoms. The van der Waals surface area contributed by atoms with E-state index >= 15 is 0 Å². The largest absolute Gasteiger partial charge is 0.468 e. The van der Waals surface area contributed by atoms with Gasteiger partial charge >= 0.3 is 0 Å². The van der Waals surface area contributed by atoms with Crippen molar-refractivity contribution in [2.45, 2.75) is 18.0 Å². The highest BCUT2D eigenvalue weighted by Crippen LogP contribution is 2.26. The molecule has 4 N–H and O–H groups in total. The van der Waals surface area contributed by atoms with E-state index in [4.69, 9.17) is 10.3 Å². The molecule has 3 aromatic heterocycles. The van der Waals surface area contributed by atoms with Gasteiger partial charge in [-0.2, -0.15) is 9.71 Å². The molecule has 0 amide bonds. The van der Waals surface area contributed by atoms with Crippen LogP contribution in [0.4, 0.5) is 5.82 Å². The number of nitrogen functional groups attached to an aromatic ring is 1. The zero-order valence-corrected chi connectivity index (χ0v) is 12.6. The molecule has 8 nitrogen and oxygen atoms in total. The van der Waals surface area contributed by atoms with Gasteiger partial charge in [-0.1, -0.05) is 0 Å². The van der Waals surface area contributed by atoms with Crippen molar-refractivity contribution in [1.29, 1.82) is 0 Å². The topological polar surface area (TPSA) is 115 Å². The molecule has 3 heterocycles. The molecule has 0 spiro atoms. The number of imidazole rings is 1. The van der Waals surface area contributed by atoms with Gasteiger partial charge < -0.3 is 9.84 Å². The first-order chi connectivity index (χ1) is 10.0. The third kappa shape index (κ3) is 2.42. The molecule has 0 saturated carbocycles. The summed E-state index contributed by atoms with van der Waals surface area (Å²) in [6.45, 7) is 1.69. The zero-order valence-electron chi connectivity index (χ0n) is 11.0. The van der Waals surface area contributed by atoms with Crippen LogP contribution < -0.4 is 16.0 Å². The van der Waals surface area contributed by atoms with Crippen LogP contribution in [-0.2, 0) is 10.0 Å². The molecule has 0 aromatic carbocycles. The van der Waals surface area contributed by atoms with Gasteiger partial charge in [0.2, 0.25) is 5.03 Å². The maximum atomic E-state index is 12.6. The number of nitrogens with zero attached hydrogens (tertiary/aromatic N) is 2. The predicted molar refractivity (Wildman–Crippen MR) is 78.3 cm³/mol. The van der Waals surface area contributed by atoms with E-state index in [1.165, 1.54) is 22.0 Å². The number of nitrogens with two attached hydrogens (primary N) is 1. The highest BCUT2D eigenvalue weighted by molar-refractivity contribution is 7.89. The van der Waals surface area contributed by atoms with Crippen LogP contribution in [0.25, 0.3) is 4.96 Å². The lowest BCUT2D eigenvalue weighted by molar-refractivity contribution is 0.459. The van der Waals surface area contributed by atoms with Crippen LogP contribution in [-0.4, -0.2) is 17.8 Å². The summed E-state index contributed by atoms with van der Waals surface area (Å²) in [5, 5.41) is 1.72. The maximum absolute atomic E-state index is 12.6. The zero-order chi connectivity index (χ0) is 15.0. The van der Waals surface area contributed by atoms with Crippen LogP contribution in [0.3, 0.4) is 0 Å². The van der Waals surface area contributed by atoms with Crippen LogP contribution in [0, 0.1) is 0 Å². The van der Waals surface area contributed by atoms with Crippen molar-refractivity contribution in [2.75, 3.05) is 5.43 Å². The highest BCUT2D eigenvalue weighted by atomic mass is 32.2. The predicted octanol–water partition coefficient (Wildman–Crippen LogP) is 1.31. The average Bonchev–Trinajstić information content (AvgIpc) is 3.13. The number of aromatic nitrogens is 2. The second-order valence-corrected chi connectivity index (χ2v) is 6.83. The summed E-state index contributed by atoms with van der Waals surface area (Å²) in [7, 11) is -3.83. The second-order valence-electron chi connectivity index (χ2n) is 4.32. The number of hydrogen-bond acceptors (Lipinski definition) is 7. The molecule has 0 aliphatic heterocycles. The summed E-state index contributed by atoms with van der Waals surface area (Å²) >= 11 is 1.32. The number of thiazole rings is 1. The number of furan rings is 1. The third-order valence-corrected chi connectivity index (χ3v) is 5.23. The molecule has 21 heavy (non-hydrogen) atoms. The van der Waals surface area contributed by atoms with Gasteiger partial charge in [0.25, 0.3) is 10.0 Å². The fourth-order valence-corrected chi connectivity index (χ4v) is 4.23. The van der Waals surface area contributed by atoms with Crippen LogP contribution in [0.2, 0.25) is 0 Å². The van der Waals surface area contributed by atoms with Crippen molar-refractivity contribution >= 4 is 32.1 Å². The minimum absolute atomic E-state index is 0.0281. The molecule has 0 aliphatic carbocycles. The monoisotopic (exact) mass is 327 g/mol. The first-order valence-electron chi connectivity index (χ1n) is 6.01. The molecular weight excluding hydrogens is 314 g/mol. The SMILES string of the molecule is CC(NS(=O)(=O)c1c(NN)nc2sccn12)c1ccco1. The molecule has 0 fully saturated rings. The van der Waals surface area contributed by atoms with Gasteiger partial charge in [0.1, 0.15) is 5.76 Å². The molecule has 1 atom stereocenters. The van der Waals surface area contributed by atoms with Crippen LogP contribution >= 0.6 is 11.3 Å². The normalized spacial score (nSPS) is 13.6. The minimum Gasteiger partial charge on any atom is -0.468 e. The number of hydrogen-bond donors (Lipinski definition) is 3. The van der Waals surface area contributed by atoms with Crippen molar-refractivity contribution in [3.63, 3.8) is 0 Å².